The molecular formula is C16H24N6O3S2. The summed E-state index contributed by atoms with van der Waals surface area (Å²) in [6.45, 7) is 4.76. The van der Waals surface area contributed by atoms with Gasteiger partial charge < -0.3 is 14.7 Å². The van der Waals surface area contributed by atoms with Crippen LogP contribution in [0.15, 0.2) is 27.2 Å². The Hall–Kier alpha value is -1.98. The summed E-state index contributed by atoms with van der Waals surface area (Å²) in [5.41, 5.74) is 1.50. The van der Waals surface area contributed by atoms with E-state index in [-0.39, 0.29) is 5.75 Å². The summed E-state index contributed by atoms with van der Waals surface area (Å²) in [7, 11) is -1.66. The molecule has 9 nitrogen and oxygen atoms in total. The first-order valence-electron chi connectivity index (χ1n) is 8.71. The highest BCUT2D eigenvalue weighted by Gasteiger charge is 2.28. The number of nitrogens with zero attached hydrogens (tertiary/aromatic N) is 5. The molecular weight excluding hydrogens is 388 g/mol. The van der Waals surface area contributed by atoms with Crippen molar-refractivity contribution < 1.29 is 12.9 Å². The minimum absolute atomic E-state index is 0.135. The van der Waals surface area contributed by atoms with Crippen LogP contribution in [0.2, 0.25) is 0 Å². The molecule has 0 atom stereocenters. The second kappa shape index (κ2) is 8.81. The number of guanidine groups is 1. The van der Waals surface area contributed by atoms with Crippen LogP contribution in [0.5, 0.6) is 0 Å². The van der Waals surface area contributed by atoms with Crippen molar-refractivity contribution in [2.24, 2.45) is 4.99 Å². The zero-order chi connectivity index (χ0) is 19.3. The molecule has 0 aliphatic carbocycles. The fourth-order valence-electron chi connectivity index (χ4n) is 2.93. The zero-order valence-corrected chi connectivity index (χ0v) is 17.1. The van der Waals surface area contributed by atoms with E-state index in [0.29, 0.717) is 31.9 Å². The molecule has 1 saturated heterocycles. The second-order valence-electron chi connectivity index (χ2n) is 6.21. The van der Waals surface area contributed by atoms with Crippen LogP contribution in [0.4, 0.5) is 0 Å². The van der Waals surface area contributed by atoms with Crippen LogP contribution in [-0.2, 0) is 22.2 Å². The number of piperazine rings is 1. The molecule has 11 heteroatoms. The van der Waals surface area contributed by atoms with Gasteiger partial charge in [-0.2, -0.15) is 4.31 Å². The maximum absolute atomic E-state index is 12.5. The number of hydrogen-bond donors (Lipinski definition) is 1. The number of thiazole rings is 1. The first-order chi connectivity index (χ1) is 13.0. The van der Waals surface area contributed by atoms with Gasteiger partial charge >= 0.3 is 0 Å². The lowest BCUT2D eigenvalue weighted by Gasteiger charge is -2.35. The number of nitrogens with one attached hydrogen (secondary N) is 1. The van der Waals surface area contributed by atoms with Crippen LogP contribution in [-0.4, -0.2) is 73.5 Å². The zero-order valence-electron chi connectivity index (χ0n) is 15.5. The Morgan fingerprint density at radius 1 is 1.33 bits per heavy atom. The molecule has 0 unspecified atom stereocenters. The van der Waals surface area contributed by atoms with Crippen LogP contribution in [0.3, 0.4) is 0 Å². The van der Waals surface area contributed by atoms with Gasteiger partial charge in [0, 0.05) is 57.6 Å². The van der Waals surface area contributed by atoms with Crippen molar-refractivity contribution in [3.63, 3.8) is 0 Å². The Kier molecular flexibility index (Phi) is 6.45. The lowest BCUT2D eigenvalue weighted by Crippen LogP contribution is -2.54. The predicted octanol–water partition coefficient (Wildman–Crippen LogP) is 0.705. The van der Waals surface area contributed by atoms with Gasteiger partial charge in [-0.25, -0.2) is 13.4 Å². The topological polar surface area (TPSA) is 104 Å². The highest BCUT2D eigenvalue weighted by molar-refractivity contribution is 7.88. The molecule has 2 aromatic heterocycles. The van der Waals surface area contributed by atoms with E-state index >= 15 is 0 Å². The van der Waals surface area contributed by atoms with Crippen LogP contribution in [0, 0.1) is 6.92 Å². The monoisotopic (exact) mass is 412 g/mol. The molecule has 3 rings (SSSR count). The minimum Gasteiger partial charge on any atom is -0.364 e. The predicted molar refractivity (Wildman–Crippen MR) is 104 cm³/mol. The Balaban J connectivity index is 1.48. The molecule has 148 valence electrons. The maximum atomic E-state index is 12.5. The van der Waals surface area contributed by atoms with Crippen molar-refractivity contribution >= 4 is 27.3 Å². The highest BCUT2D eigenvalue weighted by atomic mass is 32.2. The van der Waals surface area contributed by atoms with E-state index in [9.17, 15) is 8.42 Å². The van der Waals surface area contributed by atoms with Crippen molar-refractivity contribution in [1.29, 1.82) is 0 Å². The Bertz CT molecular complexity index is 855. The summed E-state index contributed by atoms with van der Waals surface area (Å²) in [5, 5.41) is 10.2. The van der Waals surface area contributed by atoms with E-state index in [0.717, 1.165) is 29.6 Å². The van der Waals surface area contributed by atoms with Crippen LogP contribution in [0.1, 0.15) is 16.4 Å². The number of aryl methyl sites for hydroxylation is 1. The third-order valence-electron chi connectivity index (χ3n) is 4.30. The van der Waals surface area contributed by atoms with Crippen LogP contribution < -0.4 is 5.32 Å². The molecule has 0 bridgehead atoms. The van der Waals surface area contributed by atoms with Gasteiger partial charge in [0.15, 0.2) is 5.96 Å². The molecule has 0 aromatic carbocycles. The number of sulfonamides is 1. The average Bonchev–Trinajstić information content (AvgIpc) is 3.30. The third kappa shape index (κ3) is 5.27. The summed E-state index contributed by atoms with van der Waals surface area (Å²) in [6.07, 6.45) is 2.21. The van der Waals surface area contributed by atoms with Gasteiger partial charge in [0.05, 0.1) is 16.4 Å². The third-order valence-corrected chi connectivity index (χ3v) is 6.93. The molecule has 1 fully saturated rings. The van der Waals surface area contributed by atoms with Crippen molar-refractivity contribution in [3.05, 3.63) is 34.1 Å². The number of rotatable bonds is 6. The molecule has 1 aliphatic heterocycles. The van der Waals surface area contributed by atoms with E-state index in [2.05, 4.69) is 30.7 Å². The molecule has 27 heavy (non-hydrogen) atoms. The molecule has 0 saturated carbocycles. The van der Waals surface area contributed by atoms with Gasteiger partial charge in [-0.15, -0.1) is 11.3 Å². The van der Waals surface area contributed by atoms with Crippen molar-refractivity contribution in [3.8, 4) is 0 Å². The van der Waals surface area contributed by atoms with Crippen molar-refractivity contribution in [1.82, 2.24) is 24.7 Å². The maximum Gasteiger partial charge on any atom is 0.220 e. The molecule has 0 spiro atoms. The summed E-state index contributed by atoms with van der Waals surface area (Å²) in [6, 6.07) is 1.57. The van der Waals surface area contributed by atoms with Gasteiger partial charge in [-0.1, -0.05) is 5.16 Å². The van der Waals surface area contributed by atoms with Gasteiger partial charge in [0.1, 0.15) is 12.0 Å². The molecule has 3 heterocycles. The molecule has 2 aromatic rings. The van der Waals surface area contributed by atoms with E-state index in [1.165, 1.54) is 10.6 Å². The molecule has 0 radical (unpaired) electrons. The summed E-state index contributed by atoms with van der Waals surface area (Å²) in [4.78, 5) is 10.9. The quantitative estimate of drug-likeness (QED) is 0.550. The first-order valence-corrected chi connectivity index (χ1v) is 11.2. The van der Waals surface area contributed by atoms with Gasteiger partial charge in [0.2, 0.25) is 10.0 Å². The van der Waals surface area contributed by atoms with Crippen LogP contribution in [0.25, 0.3) is 0 Å². The SMILES string of the molecule is CN=C(NCCc1csc(C)n1)N1CCN(S(=O)(=O)Cc2ccon2)CC1. The highest BCUT2D eigenvalue weighted by Crippen LogP contribution is 2.13. The summed E-state index contributed by atoms with van der Waals surface area (Å²) < 4.78 is 31.2. The summed E-state index contributed by atoms with van der Waals surface area (Å²) >= 11 is 1.65. The molecule has 1 N–H and O–H groups in total. The number of aliphatic imine (C=N–C) groups is 1. The molecule has 0 amide bonds. The first kappa shape index (κ1) is 19.8. The smallest absolute Gasteiger partial charge is 0.220 e. The number of aromatic nitrogens is 2. The second-order valence-corrected chi connectivity index (χ2v) is 9.25. The van der Waals surface area contributed by atoms with Gasteiger partial charge in [-0.05, 0) is 6.92 Å². The van der Waals surface area contributed by atoms with Crippen molar-refractivity contribution in [2.75, 3.05) is 39.8 Å². The van der Waals surface area contributed by atoms with Gasteiger partial charge in [-0.3, -0.25) is 4.99 Å². The standard InChI is InChI=1S/C16H24N6O3S2/c1-13-19-14(11-26-13)3-5-18-16(17-2)21-6-8-22(9-7-21)27(23,24)12-15-4-10-25-20-15/h4,10-11H,3,5-9,12H2,1-2H3,(H,17,18). The summed E-state index contributed by atoms with van der Waals surface area (Å²) in [5.74, 6) is 0.652. The van der Waals surface area contributed by atoms with Crippen molar-refractivity contribution in [2.45, 2.75) is 19.1 Å². The minimum atomic E-state index is -3.40. The fourth-order valence-corrected chi connectivity index (χ4v) is 5.00. The van der Waals surface area contributed by atoms with E-state index in [4.69, 9.17) is 4.52 Å². The normalized spacial score (nSPS) is 16.7. The van der Waals surface area contributed by atoms with E-state index in [1.807, 2.05) is 6.92 Å². The lowest BCUT2D eigenvalue weighted by molar-refractivity contribution is 0.260. The average molecular weight is 413 g/mol. The van der Waals surface area contributed by atoms with Gasteiger partial charge in [0.25, 0.3) is 0 Å². The Morgan fingerprint density at radius 3 is 2.70 bits per heavy atom. The van der Waals surface area contributed by atoms with E-state index in [1.54, 1.807) is 24.5 Å². The van der Waals surface area contributed by atoms with E-state index < -0.39 is 10.0 Å². The molecule has 1 aliphatic rings. The largest absolute Gasteiger partial charge is 0.364 e. The Morgan fingerprint density at radius 2 is 2.11 bits per heavy atom. The van der Waals surface area contributed by atoms with Crippen LogP contribution >= 0.6 is 11.3 Å². The number of hydrogen-bond acceptors (Lipinski definition) is 7. The Labute approximate surface area is 163 Å². The fraction of sp³-hybridized carbons (Fsp3) is 0.562. The lowest BCUT2D eigenvalue weighted by atomic mass is 10.3.